The number of carbonyl (C=O) groups excluding carboxylic acids is 3. The Morgan fingerprint density at radius 2 is 1.96 bits per heavy atom. The summed E-state index contributed by atoms with van der Waals surface area (Å²) in [4.78, 5) is 41.8. The highest BCUT2D eigenvalue weighted by molar-refractivity contribution is 7.09. The fourth-order valence-electron chi connectivity index (χ4n) is 2.95. The van der Waals surface area contributed by atoms with Crippen LogP contribution in [0, 0.1) is 0 Å². The number of carbonyl (C=O) groups is 3. The Bertz CT molecular complexity index is 878. The van der Waals surface area contributed by atoms with Crippen LogP contribution in [0.15, 0.2) is 23.6 Å². The Labute approximate surface area is 161 Å². The summed E-state index contributed by atoms with van der Waals surface area (Å²) in [6, 6.07) is 4.74. The number of thiazole rings is 1. The monoisotopic (exact) mass is 386 g/mol. The highest BCUT2D eigenvalue weighted by Gasteiger charge is 2.32. The van der Waals surface area contributed by atoms with E-state index in [0.29, 0.717) is 23.4 Å². The summed E-state index contributed by atoms with van der Waals surface area (Å²) in [5.74, 6) is -0.890. The second-order valence-electron chi connectivity index (χ2n) is 6.49. The first-order valence-corrected chi connectivity index (χ1v) is 9.77. The zero-order valence-corrected chi connectivity index (χ0v) is 16.0. The van der Waals surface area contributed by atoms with Gasteiger partial charge >= 0.3 is 0 Å². The first-order valence-electron chi connectivity index (χ1n) is 8.89. The van der Waals surface area contributed by atoms with Crippen LogP contribution < -0.4 is 11.1 Å². The van der Waals surface area contributed by atoms with Crippen molar-refractivity contribution >= 4 is 34.7 Å². The molecular weight excluding hydrogens is 364 g/mol. The van der Waals surface area contributed by atoms with Crippen LogP contribution in [0.3, 0.4) is 0 Å². The van der Waals surface area contributed by atoms with E-state index < -0.39 is 0 Å². The molecule has 0 spiro atoms. The number of nitrogens with zero attached hydrogens (tertiary/aromatic N) is 2. The van der Waals surface area contributed by atoms with Crippen molar-refractivity contribution in [3.63, 3.8) is 0 Å². The van der Waals surface area contributed by atoms with Gasteiger partial charge in [-0.05, 0) is 44.0 Å². The summed E-state index contributed by atoms with van der Waals surface area (Å²) < 4.78 is 0. The van der Waals surface area contributed by atoms with Crippen LogP contribution in [0.4, 0.5) is 5.69 Å². The Kier molecular flexibility index (Phi) is 5.98. The molecule has 3 N–H and O–H groups in total. The van der Waals surface area contributed by atoms with Gasteiger partial charge in [0, 0.05) is 18.1 Å². The molecule has 8 heteroatoms. The zero-order valence-electron chi connectivity index (χ0n) is 15.2. The van der Waals surface area contributed by atoms with Crippen molar-refractivity contribution in [3.05, 3.63) is 45.4 Å². The number of benzene rings is 1. The second kappa shape index (κ2) is 8.41. The average molecular weight is 386 g/mol. The van der Waals surface area contributed by atoms with Crippen molar-refractivity contribution in [1.82, 2.24) is 9.88 Å². The van der Waals surface area contributed by atoms with Gasteiger partial charge in [0.05, 0.1) is 28.2 Å². The number of aromatic nitrogens is 1. The minimum Gasteiger partial charge on any atom is -0.330 e. The smallest absolute Gasteiger partial charge is 0.261 e. The summed E-state index contributed by atoms with van der Waals surface area (Å²) >= 11 is 1.56. The van der Waals surface area contributed by atoms with Gasteiger partial charge < -0.3 is 11.1 Å². The summed E-state index contributed by atoms with van der Waals surface area (Å²) in [5, 5.41) is 5.70. The van der Waals surface area contributed by atoms with E-state index in [1.807, 2.05) is 5.38 Å². The molecule has 0 saturated carbocycles. The first kappa shape index (κ1) is 19.2. The van der Waals surface area contributed by atoms with E-state index in [0.717, 1.165) is 41.3 Å². The largest absolute Gasteiger partial charge is 0.330 e. The van der Waals surface area contributed by atoms with Gasteiger partial charge in [-0.2, -0.15) is 0 Å². The van der Waals surface area contributed by atoms with Crippen LogP contribution in [0.1, 0.15) is 50.7 Å². The van der Waals surface area contributed by atoms with Crippen molar-refractivity contribution in [2.75, 3.05) is 18.9 Å². The minimum atomic E-state index is -0.357. The van der Waals surface area contributed by atoms with Crippen molar-refractivity contribution < 1.29 is 14.4 Å². The maximum Gasteiger partial charge on any atom is 0.261 e. The summed E-state index contributed by atoms with van der Waals surface area (Å²) in [5.41, 5.74) is 7.39. The van der Waals surface area contributed by atoms with E-state index in [9.17, 15) is 14.4 Å². The van der Waals surface area contributed by atoms with Gasteiger partial charge in [0.25, 0.3) is 11.8 Å². The van der Waals surface area contributed by atoms with Crippen LogP contribution >= 0.6 is 11.3 Å². The fraction of sp³-hybridized carbons (Fsp3) is 0.368. The Morgan fingerprint density at radius 3 is 2.74 bits per heavy atom. The third-order valence-corrected chi connectivity index (χ3v) is 5.37. The predicted molar refractivity (Wildman–Crippen MR) is 104 cm³/mol. The Hall–Kier alpha value is -2.58. The van der Waals surface area contributed by atoms with Crippen LogP contribution in [-0.2, 0) is 17.6 Å². The van der Waals surface area contributed by atoms with E-state index in [4.69, 9.17) is 5.73 Å². The molecule has 0 radical (unpaired) electrons. The number of nitrogens with two attached hydrogens (primary N) is 1. The van der Waals surface area contributed by atoms with Gasteiger partial charge in [0.1, 0.15) is 0 Å². The molecule has 142 valence electrons. The molecule has 0 fully saturated rings. The molecule has 2 heterocycles. The number of hydrogen-bond acceptors (Lipinski definition) is 6. The topological polar surface area (TPSA) is 105 Å². The van der Waals surface area contributed by atoms with E-state index in [-0.39, 0.29) is 24.1 Å². The standard InChI is InChI=1S/C19H22N4O3S/c1-23-18(25)14-7-6-12(9-15(14)19(23)26)21-16(24)10-13-11-27-17(22-13)5-3-2-4-8-20/h6-7,9,11H,2-5,8,10,20H2,1H3,(H,21,24). The number of fused-ring (bicyclic) bond motifs is 1. The van der Waals surface area contributed by atoms with Crippen molar-refractivity contribution in [2.45, 2.75) is 32.1 Å². The number of imide groups is 1. The third kappa shape index (κ3) is 4.40. The van der Waals surface area contributed by atoms with Crippen LogP contribution in [0.5, 0.6) is 0 Å². The number of aryl methyl sites for hydroxylation is 1. The molecule has 0 bridgehead atoms. The highest BCUT2D eigenvalue weighted by Crippen LogP contribution is 2.25. The van der Waals surface area contributed by atoms with Crippen molar-refractivity contribution in [1.29, 1.82) is 0 Å². The van der Waals surface area contributed by atoms with E-state index in [1.54, 1.807) is 29.5 Å². The van der Waals surface area contributed by atoms with Gasteiger partial charge in [-0.3, -0.25) is 19.3 Å². The van der Waals surface area contributed by atoms with Crippen LogP contribution in [0.2, 0.25) is 0 Å². The number of anilines is 1. The lowest BCUT2D eigenvalue weighted by molar-refractivity contribution is -0.115. The molecule has 1 aliphatic heterocycles. The molecule has 1 aromatic carbocycles. The number of hydrogen-bond donors (Lipinski definition) is 2. The molecule has 0 atom stereocenters. The van der Waals surface area contributed by atoms with E-state index in [2.05, 4.69) is 10.3 Å². The van der Waals surface area contributed by atoms with Gasteiger partial charge in [0.2, 0.25) is 5.91 Å². The number of rotatable bonds is 8. The normalized spacial score (nSPS) is 13.2. The molecule has 0 saturated heterocycles. The van der Waals surface area contributed by atoms with Crippen LogP contribution in [-0.4, -0.2) is 41.2 Å². The highest BCUT2D eigenvalue weighted by atomic mass is 32.1. The van der Waals surface area contributed by atoms with Gasteiger partial charge in [0.15, 0.2) is 0 Å². The van der Waals surface area contributed by atoms with E-state index in [1.165, 1.54) is 7.05 Å². The average Bonchev–Trinajstić information content (AvgIpc) is 3.17. The lowest BCUT2D eigenvalue weighted by Gasteiger charge is -2.05. The molecule has 0 aliphatic carbocycles. The quantitative estimate of drug-likeness (QED) is 0.535. The molecule has 0 unspecified atom stereocenters. The summed E-state index contributed by atoms with van der Waals surface area (Å²) in [7, 11) is 1.44. The van der Waals surface area contributed by atoms with Crippen LogP contribution in [0.25, 0.3) is 0 Å². The van der Waals surface area contributed by atoms with Crippen molar-refractivity contribution in [3.8, 4) is 0 Å². The third-order valence-electron chi connectivity index (χ3n) is 4.41. The molecule has 1 aromatic heterocycles. The molecule has 1 aliphatic rings. The molecular formula is C19H22N4O3S. The lowest BCUT2D eigenvalue weighted by Crippen LogP contribution is -2.24. The first-order chi connectivity index (χ1) is 13.0. The van der Waals surface area contributed by atoms with Gasteiger partial charge in [-0.25, -0.2) is 4.98 Å². The fourth-order valence-corrected chi connectivity index (χ4v) is 3.79. The van der Waals surface area contributed by atoms with Gasteiger partial charge in [-0.15, -0.1) is 11.3 Å². The zero-order chi connectivity index (χ0) is 19.4. The minimum absolute atomic E-state index is 0.170. The maximum atomic E-state index is 12.3. The second-order valence-corrected chi connectivity index (χ2v) is 7.43. The number of amides is 3. The van der Waals surface area contributed by atoms with Crippen molar-refractivity contribution in [2.24, 2.45) is 5.73 Å². The molecule has 7 nitrogen and oxygen atoms in total. The predicted octanol–water partition coefficient (Wildman–Crippen LogP) is 2.22. The van der Waals surface area contributed by atoms with E-state index >= 15 is 0 Å². The number of nitrogens with one attached hydrogen (secondary N) is 1. The molecule has 27 heavy (non-hydrogen) atoms. The number of unbranched alkanes of at least 4 members (excludes halogenated alkanes) is 2. The molecule has 3 rings (SSSR count). The lowest BCUT2D eigenvalue weighted by atomic mass is 10.1. The Morgan fingerprint density at radius 1 is 1.19 bits per heavy atom. The molecule has 2 aromatic rings. The van der Waals surface area contributed by atoms with Gasteiger partial charge in [-0.1, -0.05) is 6.42 Å². The summed E-state index contributed by atoms with van der Waals surface area (Å²) in [6.07, 6.45) is 4.22. The molecule has 3 amide bonds. The maximum absolute atomic E-state index is 12.3. The summed E-state index contributed by atoms with van der Waals surface area (Å²) in [6.45, 7) is 0.710. The SMILES string of the molecule is CN1C(=O)c2ccc(NC(=O)Cc3csc(CCCCCN)n3)cc2C1=O. The Balaban J connectivity index is 1.57.